The molecule has 1 aliphatic heterocycles. The van der Waals surface area contributed by atoms with E-state index in [1.165, 1.54) is 6.07 Å². The van der Waals surface area contributed by atoms with E-state index in [1.54, 1.807) is 12.3 Å². The minimum absolute atomic E-state index is 0.113. The van der Waals surface area contributed by atoms with Crippen LogP contribution in [0.4, 0.5) is 5.82 Å². The molecule has 1 atom stereocenters. The van der Waals surface area contributed by atoms with Crippen molar-refractivity contribution in [3.8, 4) is 0 Å². The molecule has 8 heteroatoms. The van der Waals surface area contributed by atoms with Gasteiger partial charge in [-0.25, -0.2) is 18.1 Å². The Balaban J connectivity index is 1.67. The number of rotatable bonds is 4. The molecule has 3 heterocycles. The molecule has 0 saturated carbocycles. The quantitative estimate of drug-likeness (QED) is 0.925. The van der Waals surface area contributed by atoms with Gasteiger partial charge in [-0.05, 0) is 30.7 Å². The Morgan fingerprint density at radius 2 is 2.19 bits per heavy atom. The van der Waals surface area contributed by atoms with Crippen molar-refractivity contribution in [1.82, 2.24) is 9.71 Å². The lowest BCUT2D eigenvalue weighted by molar-refractivity contribution is 0.563. The minimum Gasteiger partial charge on any atom is -0.355 e. The molecule has 3 rings (SSSR count). The fourth-order valence-electron chi connectivity index (χ4n) is 2.32. The van der Waals surface area contributed by atoms with Crippen molar-refractivity contribution >= 4 is 38.8 Å². The summed E-state index contributed by atoms with van der Waals surface area (Å²) in [5, 5.41) is 0. The number of aromatic nitrogens is 1. The topological polar surface area (TPSA) is 62.3 Å². The molecule has 1 aliphatic rings. The Morgan fingerprint density at radius 3 is 2.86 bits per heavy atom. The highest BCUT2D eigenvalue weighted by atomic mass is 35.5. The van der Waals surface area contributed by atoms with E-state index in [9.17, 15) is 8.42 Å². The zero-order valence-electron chi connectivity index (χ0n) is 11.1. The molecule has 0 unspecified atom stereocenters. The van der Waals surface area contributed by atoms with E-state index in [-0.39, 0.29) is 10.3 Å². The van der Waals surface area contributed by atoms with Crippen LogP contribution in [0.1, 0.15) is 6.42 Å². The van der Waals surface area contributed by atoms with Crippen LogP contribution in [-0.4, -0.2) is 32.5 Å². The number of thiophene rings is 1. The van der Waals surface area contributed by atoms with E-state index in [0.29, 0.717) is 10.9 Å². The van der Waals surface area contributed by atoms with Gasteiger partial charge in [-0.1, -0.05) is 17.7 Å². The van der Waals surface area contributed by atoms with Gasteiger partial charge in [-0.2, -0.15) is 0 Å². The molecule has 1 N–H and O–H groups in total. The summed E-state index contributed by atoms with van der Waals surface area (Å²) in [5.74, 6) is 0.873. The molecule has 21 heavy (non-hydrogen) atoms. The molecular formula is C13H14ClN3O2S2. The van der Waals surface area contributed by atoms with Crippen LogP contribution < -0.4 is 9.62 Å². The lowest BCUT2D eigenvalue weighted by Gasteiger charge is -2.17. The maximum absolute atomic E-state index is 12.3. The summed E-state index contributed by atoms with van der Waals surface area (Å²) in [4.78, 5) is 6.36. The first-order chi connectivity index (χ1) is 10.0. The third-order valence-corrected chi connectivity index (χ3v) is 6.54. The second kappa shape index (κ2) is 5.92. The Hall–Kier alpha value is -1.15. The van der Waals surface area contributed by atoms with E-state index in [0.717, 1.165) is 30.1 Å². The summed E-state index contributed by atoms with van der Waals surface area (Å²) in [7, 11) is -3.49. The zero-order chi connectivity index (χ0) is 14.9. The maximum atomic E-state index is 12.3. The molecule has 5 nitrogen and oxygen atoms in total. The van der Waals surface area contributed by atoms with Crippen LogP contribution >= 0.6 is 22.9 Å². The Labute approximate surface area is 132 Å². The maximum Gasteiger partial charge on any atom is 0.250 e. The largest absolute Gasteiger partial charge is 0.355 e. The van der Waals surface area contributed by atoms with E-state index in [2.05, 4.69) is 14.6 Å². The molecule has 0 aliphatic carbocycles. The van der Waals surface area contributed by atoms with Crippen molar-refractivity contribution in [3.63, 3.8) is 0 Å². The first-order valence-corrected chi connectivity index (χ1v) is 9.16. The van der Waals surface area contributed by atoms with Gasteiger partial charge in [0.25, 0.3) is 0 Å². The Kier molecular flexibility index (Phi) is 4.17. The number of nitrogens with one attached hydrogen (secondary N) is 1. The molecule has 1 saturated heterocycles. The van der Waals surface area contributed by atoms with Crippen molar-refractivity contribution in [2.75, 3.05) is 18.0 Å². The highest BCUT2D eigenvalue weighted by molar-refractivity contribution is 7.91. The van der Waals surface area contributed by atoms with Gasteiger partial charge in [0.15, 0.2) is 0 Å². The first kappa shape index (κ1) is 14.8. The van der Waals surface area contributed by atoms with E-state index in [1.807, 2.05) is 18.2 Å². The Morgan fingerprint density at radius 1 is 1.33 bits per heavy atom. The number of halogens is 1. The number of hydrogen-bond acceptors (Lipinski definition) is 5. The molecule has 1 fully saturated rings. The van der Waals surface area contributed by atoms with Gasteiger partial charge >= 0.3 is 0 Å². The first-order valence-electron chi connectivity index (χ1n) is 6.48. The monoisotopic (exact) mass is 343 g/mol. The third kappa shape index (κ3) is 3.37. The van der Waals surface area contributed by atoms with Crippen molar-refractivity contribution in [2.45, 2.75) is 16.7 Å². The summed E-state index contributed by atoms with van der Waals surface area (Å²) in [5.41, 5.74) is 0. The summed E-state index contributed by atoms with van der Waals surface area (Å²) in [6.07, 6.45) is 2.50. The van der Waals surface area contributed by atoms with Crippen molar-refractivity contribution in [1.29, 1.82) is 0 Å². The summed E-state index contributed by atoms with van der Waals surface area (Å²) < 4.78 is 28.0. The van der Waals surface area contributed by atoms with Gasteiger partial charge in [-0.3, -0.25) is 0 Å². The fourth-order valence-corrected chi connectivity index (χ4v) is 5.09. The van der Waals surface area contributed by atoms with E-state index < -0.39 is 10.0 Å². The zero-order valence-corrected chi connectivity index (χ0v) is 13.5. The molecule has 0 bridgehead atoms. The van der Waals surface area contributed by atoms with E-state index >= 15 is 0 Å². The lowest BCUT2D eigenvalue weighted by Crippen LogP contribution is -2.36. The summed E-state index contributed by atoms with van der Waals surface area (Å²) in [6.45, 7) is 1.41. The second-order valence-corrected chi connectivity index (χ2v) is 8.46. The average molecular weight is 344 g/mol. The highest BCUT2D eigenvalue weighted by Crippen LogP contribution is 2.26. The van der Waals surface area contributed by atoms with Crippen LogP contribution in [0.15, 0.2) is 40.7 Å². The lowest BCUT2D eigenvalue weighted by atomic mass is 10.3. The highest BCUT2D eigenvalue weighted by Gasteiger charge is 2.28. The van der Waals surface area contributed by atoms with Gasteiger partial charge in [-0.15, -0.1) is 11.3 Å². The molecule has 0 spiro atoms. The minimum atomic E-state index is -3.49. The van der Waals surface area contributed by atoms with Gasteiger partial charge in [0.2, 0.25) is 10.0 Å². The molecule has 0 amide bonds. The number of nitrogens with zero attached hydrogens (tertiary/aromatic N) is 2. The van der Waals surface area contributed by atoms with Crippen LogP contribution in [-0.2, 0) is 10.0 Å². The normalized spacial score (nSPS) is 19.1. The average Bonchev–Trinajstić information content (AvgIpc) is 3.09. The van der Waals surface area contributed by atoms with Gasteiger partial charge in [0.1, 0.15) is 10.0 Å². The SMILES string of the molecule is O=S(=O)(N[C@H]1CCN(c2ccccn2)C1)c1ccc(Cl)s1. The second-order valence-electron chi connectivity index (χ2n) is 4.80. The van der Waals surface area contributed by atoms with Crippen LogP contribution in [0.5, 0.6) is 0 Å². The van der Waals surface area contributed by atoms with Crippen LogP contribution in [0, 0.1) is 0 Å². The van der Waals surface area contributed by atoms with Crippen LogP contribution in [0.2, 0.25) is 4.34 Å². The molecule has 112 valence electrons. The van der Waals surface area contributed by atoms with Crippen molar-refractivity contribution < 1.29 is 8.42 Å². The summed E-state index contributed by atoms with van der Waals surface area (Å²) >= 11 is 6.86. The van der Waals surface area contributed by atoms with E-state index in [4.69, 9.17) is 11.6 Å². The van der Waals surface area contributed by atoms with Crippen molar-refractivity contribution in [2.24, 2.45) is 0 Å². The standard InChI is InChI=1S/C13H14ClN3O2S2/c14-11-4-5-13(20-11)21(18,19)16-10-6-8-17(9-10)12-3-1-2-7-15-12/h1-5,7,10,16H,6,8-9H2/t10-/m0/s1. The smallest absolute Gasteiger partial charge is 0.250 e. The van der Waals surface area contributed by atoms with Crippen molar-refractivity contribution in [3.05, 3.63) is 40.9 Å². The molecule has 0 radical (unpaired) electrons. The predicted octanol–water partition coefficient (Wildman–Crippen LogP) is 2.35. The third-order valence-electron chi connectivity index (χ3n) is 3.30. The number of sulfonamides is 1. The molecule has 0 aromatic carbocycles. The van der Waals surface area contributed by atoms with Gasteiger partial charge in [0.05, 0.1) is 4.34 Å². The molecule has 2 aromatic heterocycles. The summed E-state index contributed by atoms with van der Waals surface area (Å²) in [6, 6.07) is 8.72. The van der Waals surface area contributed by atoms with Gasteiger partial charge < -0.3 is 4.90 Å². The molecule has 2 aromatic rings. The molecular weight excluding hydrogens is 330 g/mol. The fraction of sp³-hybridized carbons (Fsp3) is 0.308. The predicted molar refractivity (Wildman–Crippen MR) is 84.5 cm³/mol. The van der Waals surface area contributed by atoms with Gasteiger partial charge in [0, 0.05) is 25.3 Å². The number of anilines is 1. The van der Waals surface area contributed by atoms with Crippen LogP contribution in [0.25, 0.3) is 0 Å². The number of hydrogen-bond donors (Lipinski definition) is 1. The number of pyridine rings is 1. The van der Waals surface area contributed by atoms with Crippen LogP contribution in [0.3, 0.4) is 0 Å². The Bertz CT molecular complexity index is 718.